The van der Waals surface area contributed by atoms with Gasteiger partial charge < -0.3 is 16.4 Å². The van der Waals surface area contributed by atoms with Crippen LogP contribution in [-0.4, -0.2) is 28.5 Å². The van der Waals surface area contributed by atoms with Crippen LogP contribution in [0, 0.1) is 0 Å². The molecule has 0 saturated carbocycles. The predicted molar refractivity (Wildman–Crippen MR) is 59.2 cm³/mol. The van der Waals surface area contributed by atoms with Crippen LogP contribution in [0.4, 0.5) is 11.8 Å². The summed E-state index contributed by atoms with van der Waals surface area (Å²) in [6.07, 6.45) is 0.440. The number of hydrogen-bond donors (Lipinski definition) is 3. The van der Waals surface area contributed by atoms with Gasteiger partial charge in [0.05, 0.1) is 6.04 Å². The third-order valence-corrected chi connectivity index (χ3v) is 2.43. The molecule has 0 radical (unpaired) electrons. The Morgan fingerprint density at radius 2 is 2.40 bits per heavy atom. The Hall–Kier alpha value is -1.37. The van der Waals surface area contributed by atoms with Gasteiger partial charge in [0.2, 0.25) is 11.9 Å². The minimum Gasteiger partial charge on any atom is -0.383 e. The standard InChI is InChI=1S/C8H10BrN5O/c9-5-2-6(10)14-8(13-5)12-4-1-7(15)11-3-4/h2,4H,1,3H2,(H,11,15)(H3,10,12,13,14). The number of nitrogens with zero attached hydrogens (tertiary/aromatic N) is 2. The monoisotopic (exact) mass is 271 g/mol. The molecular weight excluding hydrogens is 262 g/mol. The van der Waals surface area contributed by atoms with Gasteiger partial charge in [-0.05, 0) is 15.9 Å². The Bertz CT molecular complexity index is 376. The van der Waals surface area contributed by atoms with Gasteiger partial charge in [-0.2, -0.15) is 4.98 Å². The second-order valence-electron chi connectivity index (χ2n) is 3.29. The van der Waals surface area contributed by atoms with E-state index < -0.39 is 0 Å². The molecule has 0 bridgehead atoms. The number of hydrogen-bond acceptors (Lipinski definition) is 5. The summed E-state index contributed by atoms with van der Waals surface area (Å²) in [6.45, 7) is 0.592. The van der Waals surface area contributed by atoms with E-state index in [-0.39, 0.29) is 11.9 Å². The fourth-order valence-corrected chi connectivity index (χ4v) is 1.79. The van der Waals surface area contributed by atoms with Gasteiger partial charge >= 0.3 is 0 Å². The van der Waals surface area contributed by atoms with Crippen molar-refractivity contribution in [2.45, 2.75) is 12.5 Å². The van der Waals surface area contributed by atoms with Crippen molar-refractivity contribution < 1.29 is 4.79 Å². The van der Waals surface area contributed by atoms with Crippen LogP contribution in [0.3, 0.4) is 0 Å². The van der Waals surface area contributed by atoms with Crippen LogP contribution < -0.4 is 16.4 Å². The quantitative estimate of drug-likeness (QED) is 0.665. The molecule has 2 rings (SSSR count). The first-order valence-electron chi connectivity index (χ1n) is 4.47. The first-order valence-corrected chi connectivity index (χ1v) is 5.26. The minimum atomic E-state index is 0.0335. The molecule has 0 aromatic carbocycles. The van der Waals surface area contributed by atoms with Crippen molar-refractivity contribution in [3.05, 3.63) is 10.7 Å². The lowest BCUT2D eigenvalue weighted by Crippen LogP contribution is -2.23. The van der Waals surface area contributed by atoms with Gasteiger partial charge in [-0.15, -0.1) is 0 Å². The van der Waals surface area contributed by atoms with Gasteiger partial charge in [0.25, 0.3) is 0 Å². The molecule has 1 aliphatic heterocycles. The third-order valence-electron chi connectivity index (χ3n) is 2.03. The van der Waals surface area contributed by atoms with Crippen molar-refractivity contribution in [2.75, 3.05) is 17.6 Å². The zero-order valence-electron chi connectivity index (χ0n) is 7.83. The second kappa shape index (κ2) is 4.01. The molecule has 7 heteroatoms. The summed E-state index contributed by atoms with van der Waals surface area (Å²) in [6, 6.07) is 1.65. The summed E-state index contributed by atoms with van der Waals surface area (Å²) >= 11 is 3.22. The van der Waals surface area contributed by atoms with E-state index in [0.29, 0.717) is 29.3 Å². The average Bonchev–Trinajstić information content (AvgIpc) is 2.49. The summed E-state index contributed by atoms with van der Waals surface area (Å²) in [7, 11) is 0. The summed E-state index contributed by atoms with van der Waals surface area (Å²) in [5, 5.41) is 5.76. The van der Waals surface area contributed by atoms with Gasteiger partial charge in [-0.25, -0.2) is 4.98 Å². The fourth-order valence-electron chi connectivity index (χ4n) is 1.39. The summed E-state index contributed by atoms with van der Waals surface area (Å²) in [4.78, 5) is 19.1. The first-order chi connectivity index (χ1) is 7.13. The highest BCUT2D eigenvalue weighted by molar-refractivity contribution is 9.10. The van der Waals surface area contributed by atoms with Crippen LogP contribution >= 0.6 is 15.9 Å². The van der Waals surface area contributed by atoms with Crippen LogP contribution in [0.25, 0.3) is 0 Å². The van der Waals surface area contributed by atoms with Gasteiger partial charge in [-0.1, -0.05) is 0 Å². The third kappa shape index (κ3) is 2.56. The second-order valence-corrected chi connectivity index (χ2v) is 4.10. The van der Waals surface area contributed by atoms with E-state index in [1.165, 1.54) is 0 Å². The van der Waals surface area contributed by atoms with Crippen molar-refractivity contribution in [3.8, 4) is 0 Å². The van der Waals surface area contributed by atoms with Crippen molar-refractivity contribution >= 4 is 33.6 Å². The number of halogens is 1. The van der Waals surface area contributed by atoms with Gasteiger partial charge in [-0.3, -0.25) is 4.79 Å². The lowest BCUT2D eigenvalue weighted by molar-refractivity contribution is -0.119. The number of anilines is 2. The average molecular weight is 272 g/mol. The van der Waals surface area contributed by atoms with E-state index in [0.717, 1.165) is 0 Å². The maximum atomic E-state index is 11.0. The topological polar surface area (TPSA) is 92.9 Å². The van der Waals surface area contributed by atoms with Crippen LogP contribution in [0.5, 0.6) is 0 Å². The number of rotatable bonds is 2. The molecule has 1 aromatic rings. The number of aromatic nitrogens is 2. The molecule has 80 valence electrons. The maximum absolute atomic E-state index is 11.0. The van der Waals surface area contributed by atoms with Gasteiger partial charge in [0.15, 0.2) is 0 Å². The van der Waals surface area contributed by atoms with E-state index in [2.05, 4.69) is 36.5 Å². The zero-order valence-corrected chi connectivity index (χ0v) is 9.41. The molecule has 1 aliphatic rings. The Kier molecular flexibility index (Phi) is 2.72. The predicted octanol–water partition coefficient (Wildman–Crippen LogP) is 0.122. The number of nitrogen functional groups attached to an aromatic ring is 1. The van der Waals surface area contributed by atoms with Crippen LogP contribution in [0.1, 0.15) is 6.42 Å². The van der Waals surface area contributed by atoms with Crippen molar-refractivity contribution in [1.82, 2.24) is 15.3 Å². The molecule has 4 N–H and O–H groups in total. The first kappa shape index (κ1) is 10.2. The molecule has 2 heterocycles. The Morgan fingerprint density at radius 1 is 1.60 bits per heavy atom. The smallest absolute Gasteiger partial charge is 0.225 e. The van der Waals surface area contributed by atoms with E-state index >= 15 is 0 Å². The van der Waals surface area contributed by atoms with Gasteiger partial charge in [0.1, 0.15) is 10.4 Å². The molecular formula is C8H10BrN5O. The highest BCUT2D eigenvalue weighted by Crippen LogP contribution is 2.14. The molecule has 0 spiro atoms. The fraction of sp³-hybridized carbons (Fsp3) is 0.375. The van der Waals surface area contributed by atoms with E-state index in [4.69, 9.17) is 5.73 Å². The Morgan fingerprint density at radius 3 is 3.00 bits per heavy atom. The molecule has 1 atom stereocenters. The molecule has 1 unspecified atom stereocenters. The van der Waals surface area contributed by atoms with E-state index in [1.54, 1.807) is 6.07 Å². The lowest BCUT2D eigenvalue weighted by atomic mass is 10.3. The Labute approximate surface area is 94.8 Å². The molecule has 1 fully saturated rings. The zero-order chi connectivity index (χ0) is 10.8. The molecule has 1 amide bonds. The number of nitrogens with two attached hydrogens (primary N) is 1. The summed E-state index contributed by atoms with van der Waals surface area (Å²) in [5.74, 6) is 0.857. The number of carbonyl (C=O) groups excluding carboxylic acids is 1. The van der Waals surface area contributed by atoms with Crippen molar-refractivity contribution in [1.29, 1.82) is 0 Å². The molecule has 1 aromatic heterocycles. The molecule has 1 saturated heterocycles. The summed E-state index contributed by atoms with van der Waals surface area (Å²) < 4.78 is 0.620. The van der Waals surface area contributed by atoms with Crippen LogP contribution in [-0.2, 0) is 4.79 Å². The molecule has 6 nitrogen and oxygen atoms in total. The highest BCUT2D eigenvalue weighted by atomic mass is 79.9. The minimum absolute atomic E-state index is 0.0335. The maximum Gasteiger partial charge on any atom is 0.225 e. The van der Waals surface area contributed by atoms with E-state index in [9.17, 15) is 4.79 Å². The van der Waals surface area contributed by atoms with E-state index in [1.807, 2.05) is 0 Å². The van der Waals surface area contributed by atoms with Gasteiger partial charge in [0, 0.05) is 19.0 Å². The van der Waals surface area contributed by atoms with Crippen LogP contribution in [0.2, 0.25) is 0 Å². The number of amides is 1. The van der Waals surface area contributed by atoms with Crippen molar-refractivity contribution in [2.24, 2.45) is 0 Å². The number of carbonyl (C=O) groups is 1. The Balaban J connectivity index is 2.07. The molecule has 15 heavy (non-hydrogen) atoms. The van der Waals surface area contributed by atoms with Crippen LogP contribution in [0.15, 0.2) is 10.7 Å². The van der Waals surface area contributed by atoms with Crippen molar-refractivity contribution in [3.63, 3.8) is 0 Å². The number of nitrogens with one attached hydrogen (secondary N) is 2. The SMILES string of the molecule is Nc1cc(Br)nc(NC2CNC(=O)C2)n1. The highest BCUT2D eigenvalue weighted by Gasteiger charge is 2.21. The largest absolute Gasteiger partial charge is 0.383 e. The summed E-state index contributed by atoms with van der Waals surface area (Å²) in [5.41, 5.74) is 5.56. The normalized spacial score (nSPS) is 20.1. The lowest BCUT2D eigenvalue weighted by Gasteiger charge is -2.10. The molecule has 0 aliphatic carbocycles.